The zero-order valence-corrected chi connectivity index (χ0v) is 25.5. The van der Waals surface area contributed by atoms with E-state index in [0.717, 1.165) is 56.0 Å². The molecule has 0 unspecified atom stereocenters. The lowest BCUT2D eigenvalue weighted by Crippen LogP contribution is -2.44. The lowest BCUT2D eigenvalue weighted by Gasteiger charge is -2.35. The van der Waals surface area contributed by atoms with Crippen LogP contribution in [0.1, 0.15) is 51.9 Å². The number of anilines is 4. The number of amides is 2. The molecular formula is C32H42N8O3. The van der Waals surface area contributed by atoms with Gasteiger partial charge < -0.3 is 35.8 Å². The van der Waals surface area contributed by atoms with Gasteiger partial charge in [-0.1, -0.05) is 6.92 Å². The molecule has 2 fully saturated rings. The Morgan fingerprint density at radius 2 is 1.67 bits per heavy atom. The summed E-state index contributed by atoms with van der Waals surface area (Å²) in [6.45, 7) is 9.37. The lowest BCUT2D eigenvalue weighted by atomic mass is 10.0. The number of likely N-dealkylation sites (N-methyl/N-ethyl adjacent to an activating group) is 1. The summed E-state index contributed by atoms with van der Waals surface area (Å²) in [5.74, 6) is 1.06. The van der Waals surface area contributed by atoms with Crippen LogP contribution in [0.25, 0.3) is 0 Å². The van der Waals surface area contributed by atoms with Crippen molar-refractivity contribution in [3.05, 3.63) is 65.0 Å². The van der Waals surface area contributed by atoms with Crippen LogP contribution in [-0.2, 0) is 6.42 Å². The molecule has 2 saturated heterocycles. The summed E-state index contributed by atoms with van der Waals surface area (Å²) in [7, 11) is 3.76. The Hall–Kier alpha value is -4.38. The third kappa shape index (κ3) is 6.99. The lowest BCUT2D eigenvalue weighted by molar-refractivity contribution is 0.0718. The maximum Gasteiger partial charge on any atom is 0.271 e. The van der Waals surface area contributed by atoms with Crippen LogP contribution in [0, 0.1) is 6.92 Å². The van der Waals surface area contributed by atoms with Crippen LogP contribution in [-0.4, -0.2) is 91.0 Å². The first-order chi connectivity index (χ1) is 20.7. The number of rotatable bonds is 9. The fraction of sp³-hybridized carbons (Fsp3) is 0.438. The predicted molar refractivity (Wildman–Crippen MR) is 170 cm³/mol. The molecule has 1 aromatic heterocycles. The SMILES string of the molecule is CCc1nc(C(N)=O)c(Nc2ccc(N3CCN(C)CC3)c(C)c2)nc1NC1CCN(C(=O)c2ccc(OC)cc2)CC1. The smallest absolute Gasteiger partial charge is 0.271 e. The normalized spacial score (nSPS) is 16.2. The van der Waals surface area contributed by atoms with Crippen molar-refractivity contribution in [2.24, 2.45) is 5.73 Å². The number of likely N-dealkylation sites (tertiary alicyclic amines) is 1. The van der Waals surface area contributed by atoms with Crippen LogP contribution < -0.4 is 26.0 Å². The number of methoxy groups -OCH3 is 1. The van der Waals surface area contributed by atoms with Crippen molar-refractivity contribution in [3.63, 3.8) is 0 Å². The van der Waals surface area contributed by atoms with E-state index in [-0.39, 0.29) is 17.6 Å². The highest BCUT2D eigenvalue weighted by atomic mass is 16.5. The Morgan fingerprint density at radius 1 is 0.977 bits per heavy atom. The summed E-state index contributed by atoms with van der Waals surface area (Å²) >= 11 is 0. The van der Waals surface area contributed by atoms with E-state index in [1.165, 1.54) is 5.69 Å². The summed E-state index contributed by atoms with van der Waals surface area (Å²) in [6, 6.07) is 13.5. The predicted octanol–water partition coefficient (Wildman–Crippen LogP) is 3.67. The van der Waals surface area contributed by atoms with Crippen molar-refractivity contribution in [2.45, 2.75) is 39.2 Å². The third-order valence-electron chi connectivity index (χ3n) is 8.30. The quantitative estimate of drug-likeness (QED) is 0.344. The van der Waals surface area contributed by atoms with Gasteiger partial charge in [0.1, 0.15) is 5.75 Å². The van der Waals surface area contributed by atoms with E-state index in [4.69, 9.17) is 15.5 Å². The number of ether oxygens (including phenoxy) is 1. The molecule has 2 aliphatic heterocycles. The van der Waals surface area contributed by atoms with Gasteiger partial charge in [0.25, 0.3) is 11.8 Å². The van der Waals surface area contributed by atoms with Gasteiger partial charge in [0.2, 0.25) is 0 Å². The summed E-state index contributed by atoms with van der Waals surface area (Å²) < 4.78 is 5.20. The number of nitrogens with zero attached hydrogens (tertiary/aromatic N) is 5. The molecule has 0 bridgehead atoms. The van der Waals surface area contributed by atoms with Crippen LogP contribution in [0.15, 0.2) is 42.5 Å². The number of nitrogens with one attached hydrogen (secondary N) is 2. The first kappa shape index (κ1) is 30.1. The molecule has 0 radical (unpaired) electrons. The summed E-state index contributed by atoms with van der Waals surface area (Å²) in [6.07, 6.45) is 2.11. The minimum absolute atomic E-state index is 0.0152. The van der Waals surface area contributed by atoms with Crippen LogP contribution in [0.3, 0.4) is 0 Å². The molecule has 3 aromatic rings. The van der Waals surface area contributed by atoms with Crippen molar-refractivity contribution < 1.29 is 14.3 Å². The zero-order valence-electron chi connectivity index (χ0n) is 25.5. The van der Waals surface area contributed by atoms with E-state index in [2.05, 4.69) is 51.5 Å². The van der Waals surface area contributed by atoms with Crippen LogP contribution in [0.5, 0.6) is 5.75 Å². The Labute approximate surface area is 253 Å². The number of piperidine rings is 1. The minimum Gasteiger partial charge on any atom is -0.497 e. The third-order valence-corrected chi connectivity index (χ3v) is 8.30. The van der Waals surface area contributed by atoms with E-state index in [1.807, 2.05) is 17.9 Å². The van der Waals surface area contributed by atoms with Gasteiger partial charge in [-0.25, -0.2) is 9.97 Å². The van der Waals surface area contributed by atoms with Crippen LogP contribution >= 0.6 is 0 Å². The van der Waals surface area contributed by atoms with E-state index < -0.39 is 5.91 Å². The molecule has 4 N–H and O–H groups in total. The number of primary amides is 1. The van der Waals surface area contributed by atoms with E-state index >= 15 is 0 Å². The highest BCUT2D eigenvalue weighted by Gasteiger charge is 2.26. The van der Waals surface area contributed by atoms with Gasteiger partial charge in [-0.3, -0.25) is 9.59 Å². The van der Waals surface area contributed by atoms with E-state index in [0.29, 0.717) is 42.4 Å². The van der Waals surface area contributed by atoms with Crippen LogP contribution in [0.2, 0.25) is 0 Å². The molecule has 0 aliphatic carbocycles. The summed E-state index contributed by atoms with van der Waals surface area (Å²) in [5.41, 5.74) is 10.3. The van der Waals surface area contributed by atoms with E-state index in [9.17, 15) is 9.59 Å². The van der Waals surface area contributed by atoms with Gasteiger partial charge in [-0.15, -0.1) is 0 Å². The number of carbonyl (C=O) groups is 2. The van der Waals surface area contributed by atoms with Gasteiger partial charge in [-0.05, 0) is 81.3 Å². The second kappa shape index (κ2) is 13.3. The van der Waals surface area contributed by atoms with Crippen molar-refractivity contribution in [1.82, 2.24) is 19.8 Å². The molecule has 0 saturated carbocycles. The average Bonchev–Trinajstić information content (AvgIpc) is 3.02. The molecule has 2 aromatic carbocycles. The Morgan fingerprint density at radius 3 is 2.28 bits per heavy atom. The Balaban J connectivity index is 1.28. The maximum absolute atomic E-state index is 13.0. The minimum atomic E-state index is -0.632. The number of aryl methyl sites for hydroxylation is 2. The van der Waals surface area contributed by atoms with Gasteiger partial charge in [0.15, 0.2) is 17.3 Å². The molecule has 2 aliphatic rings. The molecule has 0 atom stereocenters. The summed E-state index contributed by atoms with van der Waals surface area (Å²) in [5, 5.41) is 6.85. The van der Waals surface area contributed by atoms with Crippen molar-refractivity contribution in [2.75, 3.05) is 69.0 Å². The second-order valence-corrected chi connectivity index (χ2v) is 11.3. The Kier molecular flexibility index (Phi) is 9.30. The molecule has 228 valence electrons. The van der Waals surface area contributed by atoms with Gasteiger partial charge in [0, 0.05) is 62.2 Å². The van der Waals surface area contributed by atoms with Gasteiger partial charge in [0.05, 0.1) is 12.8 Å². The number of nitrogens with two attached hydrogens (primary N) is 1. The van der Waals surface area contributed by atoms with Crippen molar-refractivity contribution in [1.29, 1.82) is 0 Å². The maximum atomic E-state index is 13.0. The molecular weight excluding hydrogens is 544 g/mol. The molecule has 2 amide bonds. The fourth-order valence-electron chi connectivity index (χ4n) is 5.70. The first-order valence-corrected chi connectivity index (χ1v) is 15.0. The standard InChI is InChI=1S/C32H42N8O3/c1-5-26-30(34-23-12-14-40(15-13-23)32(42)22-6-9-25(43-4)10-7-22)37-31(28(36-26)29(33)41)35-24-8-11-27(21(2)20-24)39-18-16-38(3)17-19-39/h6-11,20,23H,5,12-19H2,1-4H3,(H2,33,41)(H2,34,35,37). The van der Waals surface area contributed by atoms with Crippen molar-refractivity contribution >= 4 is 34.8 Å². The average molecular weight is 587 g/mol. The number of carbonyl (C=O) groups excluding carboxylic acids is 2. The molecule has 0 spiro atoms. The molecule has 11 heteroatoms. The fourth-order valence-corrected chi connectivity index (χ4v) is 5.70. The number of aromatic nitrogens is 2. The Bertz CT molecular complexity index is 1450. The summed E-state index contributed by atoms with van der Waals surface area (Å²) in [4.78, 5) is 41.5. The number of hydrogen-bond acceptors (Lipinski definition) is 9. The monoisotopic (exact) mass is 586 g/mol. The molecule has 11 nitrogen and oxygen atoms in total. The molecule has 43 heavy (non-hydrogen) atoms. The largest absolute Gasteiger partial charge is 0.497 e. The number of benzene rings is 2. The second-order valence-electron chi connectivity index (χ2n) is 11.3. The molecule has 3 heterocycles. The number of hydrogen-bond donors (Lipinski definition) is 3. The van der Waals surface area contributed by atoms with E-state index in [1.54, 1.807) is 31.4 Å². The van der Waals surface area contributed by atoms with Gasteiger partial charge >= 0.3 is 0 Å². The topological polar surface area (TPSA) is 129 Å². The highest BCUT2D eigenvalue weighted by Crippen LogP contribution is 2.29. The first-order valence-electron chi connectivity index (χ1n) is 15.0. The zero-order chi connectivity index (χ0) is 30.5. The number of piperazine rings is 1. The van der Waals surface area contributed by atoms with Crippen LogP contribution in [0.4, 0.5) is 23.0 Å². The molecule has 5 rings (SSSR count). The van der Waals surface area contributed by atoms with Crippen molar-refractivity contribution in [3.8, 4) is 5.75 Å². The van der Waals surface area contributed by atoms with Gasteiger partial charge in [-0.2, -0.15) is 0 Å². The highest BCUT2D eigenvalue weighted by molar-refractivity contribution is 5.97.